The molecule has 0 atom stereocenters. The van der Waals surface area contributed by atoms with E-state index in [0.29, 0.717) is 5.82 Å². The summed E-state index contributed by atoms with van der Waals surface area (Å²) < 4.78 is 1.62. The highest BCUT2D eigenvalue weighted by atomic mass is 35.5. The van der Waals surface area contributed by atoms with E-state index >= 15 is 0 Å². The molecule has 2 aromatic heterocycles. The van der Waals surface area contributed by atoms with Gasteiger partial charge < -0.3 is 14.7 Å². The highest BCUT2D eigenvalue weighted by Gasteiger charge is 2.31. The molecular weight excluding hydrogens is 428 g/mol. The summed E-state index contributed by atoms with van der Waals surface area (Å²) in [6.07, 6.45) is 6.30. The van der Waals surface area contributed by atoms with Crippen LogP contribution in [-0.2, 0) is 4.79 Å². The molecule has 0 bridgehead atoms. The smallest absolute Gasteiger partial charge is 0.225 e. The van der Waals surface area contributed by atoms with E-state index in [0.717, 1.165) is 68.6 Å². The Morgan fingerprint density at radius 1 is 0.906 bits per heavy atom. The van der Waals surface area contributed by atoms with Crippen molar-refractivity contribution >= 4 is 29.0 Å². The first-order chi connectivity index (χ1) is 15.7. The fourth-order valence-electron chi connectivity index (χ4n) is 4.43. The van der Waals surface area contributed by atoms with Gasteiger partial charge in [-0.25, -0.2) is 19.6 Å². The molecule has 0 spiro atoms. The summed E-state index contributed by atoms with van der Waals surface area (Å²) in [4.78, 5) is 32.3. The van der Waals surface area contributed by atoms with E-state index < -0.39 is 0 Å². The number of amides is 1. The minimum atomic E-state index is 0.0700. The lowest BCUT2D eigenvalue weighted by molar-refractivity contribution is -0.136. The van der Waals surface area contributed by atoms with E-state index in [4.69, 9.17) is 11.6 Å². The number of rotatable bonds is 4. The minimum Gasteiger partial charge on any atom is -0.368 e. The molecule has 1 aromatic carbocycles. The Kier molecular flexibility index (Phi) is 5.89. The van der Waals surface area contributed by atoms with Gasteiger partial charge in [-0.3, -0.25) is 4.79 Å². The molecule has 2 aliphatic rings. The zero-order valence-corrected chi connectivity index (χ0v) is 18.5. The second-order valence-corrected chi connectivity index (χ2v) is 8.56. The van der Waals surface area contributed by atoms with Crippen LogP contribution in [0.15, 0.2) is 49.3 Å². The predicted molar refractivity (Wildman–Crippen MR) is 122 cm³/mol. The van der Waals surface area contributed by atoms with Gasteiger partial charge in [0, 0.05) is 62.0 Å². The summed E-state index contributed by atoms with van der Waals surface area (Å²) in [7, 11) is 0. The summed E-state index contributed by atoms with van der Waals surface area (Å²) in [5, 5.41) is 4.87. The number of hydrogen-bond donors (Lipinski definition) is 0. The molecule has 2 saturated heterocycles. The number of hydrogen-bond acceptors (Lipinski definition) is 7. The van der Waals surface area contributed by atoms with Gasteiger partial charge >= 0.3 is 0 Å². The fourth-order valence-corrected chi connectivity index (χ4v) is 4.62. The first-order valence-corrected chi connectivity index (χ1v) is 11.3. The minimum absolute atomic E-state index is 0.0700. The molecule has 0 saturated carbocycles. The van der Waals surface area contributed by atoms with Gasteiger partial charge in [0.25, 0.3) is 0 Å². The van der Waals surface area contributed by atoms with Crippen LogP contribution < -0.4 is 9.80 Å². The first-order valence-electron chi connectivity index (χ1n) is 10.9. The van der Waals surface area contributed by atoms with Gasteiger partial charge in [-0.2, -0.15) is 5.10 Å². The molecule has 1 amide bonds. The molecule has 166 valence electrons. The fraction of sp³-hybridized carbons (Fsp3) is 0.409. The summed E-state index contributed by atoms with van der Waals surface area (Å²) in [6, 6.07) is 9.81. The topological polar surface area (TPSA) is 83.3 Å². The number of piperazine rings is 1. The molecule has 5 rings (SSSR count). The third-order valence-electron chi connectivity index (χ3n) is 6.22. The number of benzene rings is 1. The number of anilines is 2. The highest BCUT2D eigenvalue weighted by Crippen LogP contribution is 2.26. The Morgan fingerprint density at radius 2 is 1.69 bits per heavy atom. The van der Waals surface area contributed by atoms with Gasteiger partial charge in [0.15, 0.2) is 5.82 Å². The van der Waals surface area contributed by atoms with Gasteiger partial charge in [0.2, 0.25) is 5.91 Å². The van der Waals surface area contributed by atoms with Crippen LogP contribution in [0.1, 0.15) is 12.8 Å². The van der Waals surface area contributed by atoms with Crippen LogP contribution in [-0.4, -0.2) is 74.8 Å². The van der Waals surface area contributed by atoms with Crippen molar-refractivity contribution in [2.45, 2.75) is 12.8 Å². The Bertz CT molecular complexity index is 1060. The Labute approximate surface area is 191 Å². The van der Waals surface area contributed by atoms with Crippen molar-refractivity contribution in [3.8, 4) is 5.82 Å². The number of halogens is 1. The van der Waals surface area contributed by atoms with E-state index in [-0.39, 0.29) is 11.8 Å². The van der Waals surface area contributed by atoms with Crippen LogP contribution in [0.2, 0.25) is 5.02 Å². The highest BCUT2D eigenvalue weighted by molar-refractivity contribution is 6.30. The lowest BCUT2D eigenvalue weighted by Gasteiger charge is -2.39. The molecule has 32 heavy (non-hydrogen) atoms. The standard InChI is InChI=1S/C22H25ClN8O/c23-18-2-1-3-19(12-18)28-8-10-30(11-9-28)22(32)17-4-6-29(7-5-17)20-13-21(26-15-25-20)31-16-24-14-27-31/h1-3,12-17H,4-11H2. The number of carbonyl (C=O) groups is 1. The third kappa shape index (κ3) is 4.38. The second-order valence-electron chi connectivity index (χ2n) is 8.13. The zero-order chi connectivity index (χ0) is 21.9. The third-order valence-corrected chi connectivity index (χ3v) is 6.46. The van der Waals surface area contributed by atoms with Crippen LogP contribution in [0.4, 0.5) is 11.5 Å². The summed E-state index contributed by atoms with van der Waals surface area (Å²) in [6.45, 7) is 4.75. The summed E-state index contributed by atoms with van der Waals surface area (Å²) >= 11 is 6.13. The molecule has 0 aliphatic carbocycles. The SMILES string of the molecule is O=C(C1CCN(c2cc(-n3cncn3)ncn2)CC1)N1CCN(c2cccc(Cl)c2)CC1. The quantitative estimate of drug-likeness (QED) is 0.600. The van der Waals surface area contributed by atoms with Crippen LogP contribution >= 0.6 is 11.6 Å². The second kappa shape index (κ2) is 9.12. The first kappa shape index (κ1) is 20.7. The van der Waals surface area contributed by atoms with Crippen molar-refractivity contribution in [2.24, 2.45) is 5.92 Å². The molecule has 4 heterocycles. The monoisotopic (exact) mass is 452 g/mol. The van der Waals surface area contributed by atoms with Gasteiger partial charge in [0.1, 0.15) is 24.8 Å². The normalized spacial score (nSPS) is 17.6. The predicted octanol–water partition coefficient (Wildman–Crippen LogP) is 2.28. The average molecular weight is 453 g/mol. The zero-order valence-electron chi connectivity index (χ0n) is 17.7. The molecule has 0 N–H and O–H groups in total. The van der Waals surface area contributed by atoms with Crippen LogP contribution in [0.3, 0.4) is 0 Å². The molecule has 2 fully saturated rings. The maximum atomic E-state index is 13.1. The Morgan fingerprint density at radius 3 is 2.41 bits per heavy atom. The molecule has 0 radical (unpaired) electrons. The molecule has 10 heteroatoms. The van der Waals surface area contributed by atoms with Crippen molar-refractivity contribution < 1.29 is 4.79 Å². The summed E-state index contributed by atoms with van der Waals surface area (Å²) in [5.74, 6) is 1.89. The van der Waals surface area contributed by atoms with Crippen molar-refractivity contribution in [2.75, 3.05) is 49.1 Å². The average Bonchev–Trinajstić information content (AvgIpc) is 3.39. The molecule has 3 aromatic rings. The van der Waals surface area contributed by atoms with E-state index in [2.05, 4.69) is 35.9 Å². The number of aromatic nitrogens is 5. The van der Waals surface area contributed by atoms with E-state index in [1.165, 1.54) is 6.33 Å². The lowest BCUT2D eigenvalue weighted by atomic mass is 9.95. The van der Waals surface area contributed by atoms with Crippen molar-refractivity contribution in [3.05, 3.63) is 54.3 Å². The molecule has 0 unspecified atom stereocenters. The van der Waals surface area contributed by atoms with Crippen LogP contribution in [0.5, 0.6) is 0 Å². The van der Waals surface area contributed by atoms with Gasteiger partial charge in [-0.1, -0.05) is 17.7 Å². The molecule has 9 nitrogen and oxygen atoms in total. The maximum Gasteiger partial charge on any atom is 0.225 e. The van der Waals surface area contributed by atoms with E-state index in [9.17, 15) is 4.79 Å². The lowest BCUT2D eigenvalue weighted by Crippen LogP contribution is -2.51. The molecular formula is C22H25ClN8O. The van der Waals surface area contributed by atoms with E-state index in [1.54, 1.807) is 17.3 Å². The largest absolute Gasteiger partial charge is 0.368 e. The van der Waals surface area contributed by atoms with Gasteiger partial charge in [-0.05, 0) is 31.0 Å². The number of carbonyl (C=O) groups excluding carboxylic acids is 1. The number of nitrogens with zero attached hydrogens (tertiary/aromatic N) is 8. The number of piperidine rings is 1. The summed E-state index contributed by atoms with van der Waals surface area (Å²) in [5.41, 5.74) is 1.12. The van der Waals surface area contributed by atoms with Gasteiger partial charge in [0.05, 0.1) is 0 Å². The Balaban J connectivity index is 1.15. The van der Waals surface area contributed by atoms with Gasteiger partial charge in [-0.15, -0.1) is 0 Å². The van der Waals surface area contributed by atoms with Crippen LogP contribution in [0, 0.1) is 5.92 Å². The van der Waals surface area contributed by atoms with Crippen LogP contribution in [0.25, 0.3) is 5.82 Å². The van der Waals surface area contributed by atoms with Crippen molar-refractivity contribution in [1.82, 2.24) is 29.6 Å². The maximum absolute atomic E-state index is 13.1. The van der Waals surface area contributed by atoms with Crippen molar-refractivity contribution in [3.63, 3.8) is 0 Å². The van der Waals surface area contributed by atoms with Crippen molar-refractivity contribution in [1.29, 1.82) is 0 Å². The molecule has 2 aliphatic heterocycles. The Hall–Kier alpha value is -3.20. The van der Waals surface area contributed by atoms with E-state index in [1.807, 2.05) is 29.2 Å².